The van der Waals surface area contributed by atoms with E-state index in [-0.39, 0.29) is 18.1 Å². The molecule has 2 N–H and O–H groups in total. The number of nitrogens with zero attached hydrogens (tertiary/aromatic N) is 2. The molecule has 19 heavy (non-hydrogen) atoms. The highest BCUT2D eigenvalue weighted by atomic mass is 32.2. The number of rotatable bonds is 3. The minimum atomic E-state index is -3.32. The van der Waals surface area contributed by atoms with Gasteiger partial charge in [0.15, 0.2) is 0 Å². The van der Waals surface area contributed by atoms with Crippen LogP contribution in [0, 0.1) is 0 Å². The first-order chi connectivity index (χ1) is 8.93. The van der Waals surface area contributed by atoms with Crippen LogP contribution in [0.3, 0.4) is 0 Å². The molecular weight excluding hydrogens is 262 g/mol. The van der Waals surface area contributed by atoms with Crippen LogP contribution >= 0.6 is 0 Å². The first-order valence-electron chi connectivity index (χ1n) is 7.43. The molecule has 1 saturated heterocycles. The Hall–Kier alpha value is -0.170. The van der Waals surface area contributed by atoms with E-state index in [4.69, 9.17) is 5.73 Å². The van der Waals surface area contributed by atoms with Crippen LogP contribution in [0.1, 0.15) is 51.9 Å². The SMILES string of the molecule is CC1CC(N)CCN1S(=O)(=O)N(C)C1CCCCC1. The average molecular weight is 289 g/mol. The second kappa shape index (κ2) is 6.08. The maximum absolute atomic E-state index is 12.7. The van der Waals surface area contributed by atoms with Crippen LogP contribution in [0.5, 0.6) is 0 Å². The van der Waals surface area contributed by atoms with Gasteiger partial charge in [0.05, 0.1) is 0 Å². The van der Waals surface area contributed by atoms with E-state index >= 15 is 0 Å². The topological polar surface area (TPSA) is 66.6 Å². The maximum Gasteiger partial charge on any atom is 0.282 e. The summed E-state index contributed by atoms with van der Waals surface area (Å²) < 4.78 is 28.7. The van der Waals surface area contributed by atoms with Gasteiger partial charge in [-0.3, -0.25) is 0 Å². The fourth-order valence-electron chi connectivity index (χ4n) is 3.33. The van der Waals surface area contributed by atoms with E-state index in [1.165, 1.54) is 6.42 Å². The van der Waals surface area contributed by atoms with Gasteiger partial charge in [0.1, 0.15) is 0 Å². The summed E-state index contributed by atoms with van der Waals surface area (Å²) in [6.07, 6.45) is 7.05. The molecule has 2 fully saturated rings. The van der Waals surface area contributed by atoms with Gasteiger partial charge in [-0.05, 0) is 32.6 Å². The molecule has 0 bridgehead atoms. The van der Waals surface area contributed by atoms with Crippen molar-refractivity contribution >= 4 is 10.2 Å². The van der Waals surface area contributed by atoms with Gasteiger partial charge in [-0.1, -0.05) is 19.3 Å². The molecule has 1 heterocycles. The third kappa shape index (κ3) is 3.29. The summed E-state index contributed by atoms with van der Waals surface area (Å²) in [5.74, 6) is 0. The molecular formula is C13H27N3O2S. The smallest absolute Gasteiger partial charge is 0.282 e. The standard InChI is InChI=1S/C13H27N3O2S/c1-11-10-12(14)8-9-16(11)19(17,18)15(2)13-6-4-3-5-7-13/h11-13H,3-10,14H2,1-2H3. The van der Waals surface area contributed by atoms with Crippen LogP contribution in [0.25, 0.3) is 0 Å². The van der Waals surface area contributed by atoms with Crippen LogP contribution in [0.15, 0.2) is 0 Å². The highest BCUT2D eigenvalue weighted by molar-refractivity contribution is 7.86. The number of piperidine rings is 1. The summed E-state index contributed by atoms with van der Waals surface area (Å²) in [6.45, 7) is 2.52. The molecule has 0 aromatic rings. The predicted octanol–water partition coefficient (Wildman–Crippen LogP) is 1.31. The van der Waals surface area contributed by atoms with Gasteiger partial charge >= 0.3 is 0 Å². The van der Waals surface area contributed by atoms with Crippen LogP contribution in [-0.2, 0) is 10.2 Å². The summed E-state index contributed by atoms with van der Waals surface area (Å²) in [5.41, 5.74) is 5.91. The Kier molecular flexibility index (Phi) is 4.87. The van der Waals surface area contributed by atoms with E-state index in [0.29, 0.717) is 6.54 Å². The van der Waals surface area contributed by atoms with Crippen molar-refractivity contribution in [1.29, 1.82) is 0 Å². The minimum absolute atomic E-state index is 0.0137. The number of hydrogen-bond donors (Lipinski definition) is 1. The normalized spacial score (nSPS) is 31.8. The van der Waals surface area contributed by atoms with Crippen molar-refractivity contribution < 1.29 is 8.42 Å². The van der Waals surface area contributed by atoms with Gasteiger partial charge in [0.25, 0.3) is 10.2 Å². The first-order valence-corrected chi connectivity index (χ1v) is 8.83. The molecule has 1 saturated carbocycles. The fourth-order valence-corrected chi connectivity index (χ4v) is 5.12. The molecule has 6 heteroatoms. The molecule has 112 valence electrons. The Morgan fingerprint density at radius 2 is 1.79 bits per heavy atom. The van der Waals surface area contributed by atoms with E-state index in [0.717, 1.165) is 38.5 Å². The van der Waals surface area contributed by atoms with E-state index in [1.807, 2.05) is 6.92 Å². The van der Waals surface area contributed by atoms with Gasteiger partial charge in [-0.25, -0.2) is 0 Å². The van der Waals surface area contributed by atoms with Crippen molar-refractivity contribution in [2.24, 2.45) is 5.73 Å². The summed E-state index contributed by atoms with van der Waals surface area (Å²) in [7, 11) is -1.58. The number of hydrogen-bond acceptors (Lipinski definition) is 3. The summed E-state index contributed by atoms with van der Waals surface area (Å²) >= 11 is 0. The molecule has 2 unspecified atom stereocenters. The molecule has 1 aliphatic heterocycles. The van der Waals surface area contributed by atoms with Gasteiger partial charge in [0.2, 0.25) is 0 Å². The lowest BCUT2D eigenvalue weighted by Gasteiger charge is -2.40. The lowest BCUT2D eigenvalue weighted by molar-refractivity contribution is 0.211. The van der Waals surface area contributed by atoms with E-state index < -0.39 is 10.2 Å². The second-order valence-corrected chi connectivity index (χ2v) is 8.00. The van der Waals surface area contributed by atoms with Crippen molar-refractivity contribution in [1.82, 2.24) is 8.61 Å². The zero-order valence-corrected chi connectivity index (χ0v) is 12.9. The average Bonchev–Trinajstić information content (AvgIpc) is 2.38. The molecule has 0 radical (unpaired) electrons. The summed E-state index contributed by atoms with van der Waals surface area (Å²) in [6, 6.07) is 0.336. The molecule has 1 aliphatic carbocycles. The van der Waals surface area contributed by atoms with E-state index in [1.54, 1.807) is 15.7 Å². The van der Waals surface area contributed by atoms with Gasteiger partial charge in [-0.2, -0.15) is 17.0 Å². The van der Waals surface area contributed by atoms with Crippen molar-refractivity contribution in [3.8, 4) is 0 Å². The van der Waals surface area contributed by atoms with Crippen LogP contribution in [0.2, 0.25) is 0 Å². The highest BCUT2D eigenvalue weighted by Crippen LogP contribution is 2.27. The largest absolute Gasteiger partial charge is 0.328 e. The zero-order chi connectivity index (χ0) is 14.0. The fraction of sp³-hybridized carbons (Fsp3) is 1.00. The Morgan fingerprint density at radius 3 is 2.37 bits per heavy atom. The van der Waals surface area contributed by atoms with Gasteiger partial charge in [-0.15, -0.1) is 0 Å². The minimum Gasteiger partial charge on any atom is -0.328 e. The highest BCUT2D eigenvalue weighted by Gasteiger charge is 2.37. The van der Waals surface area contributed by atoms with Crippen molar-refractivity contribution in [2.75, 3.05) is 13.6 Å². The van der Waals surface area contributed by atoms with Crippen LogP contribution in [-0.4, -0.2) is 48.7 Å². The Bertz CT molecular complexity index is 393. The van der Waals surface area contributed by atoms with Gasteiger partial charge in [0, 0.05) is 31.7 Å². The lowest BCUT2D eigenvalue weighted by Crippen LogP contribution is -2.54. The van der Waals surface area contributed by atoms with Crippen molar-refractivity contribution in [3.63, 3.8) is 0 Å². The zero-order valence-electron chi connectivity index (χ0n) is 12.1. The quantitative estimate of drug-likeness (QED) is 0.852. The Labute approximate surface area is 117 Å². The van der Waals surface area contributed by atoms with E-state index in [2.05, 4.69) is 0 Å². The molecule has 0 spiro atoms. The van der Waals surface area contributed by atoms with Crippen LogP contribution in [0.4, 0.5) is 0 Å². The first kappa shape index (κ1) is 15.2. The predicted molar refractivity (Wildman–Crippen MR) is 76.9 cm³/mol. The monoisotopic (exact) mass is 289 g/mol. The molecule has 2 rings (SSSR count). The summed E-state index contributed by atoms with van der Waals surface area (Å²) in [5, 5.41) is 0. The molecule has 2 atom stereocenters. The number of nitrogens with two attached hydrogens (primary N) is 1. The van der Waals surface area contributed by atoms with Crippen molar-refractivity contribution in [2.45, 2.75) is 70.0 Å². The lowest BCUT2D eigenvalue weighted by atomic mass is 9.96. The molecule has 2 aliphatic rings. The van der Waals surface area contributed by atoms with E-state index in [9.17, 15) is 8.42 Å². The Balaban J connectivity index is 2.08. The third-order valence-corrected chi connectivity index (χ3v) is 6.77. The van der Waals surface area contributed by atoms with Crippen LogP contribution < -0.4 is 5.73 Å². The van der Waals surface area contributed by atoms with Gasteiger partial charge < -0.3 is 5.73 Å². The Morgan fingerprint density at radius 1 is 1.16 bits per heavy atom. The molecule has 0 aromatic carbocycles. The molecule has 0 aromatic heterocycles. The molecule has 5 nitrogen and oxygen atoms in total. The third-order valence-electron chi connectivity index (χ3n) is 4.60. The summed E-state index contributed by atoms with van der Waals surface area (Å²) in [4.78, 5) is 0. The molecule has 0 amide bonds. The van der Waals surface area contributed by atoms with Crippen molar-refractivity contribution in [3.05, 3.63) is 0 Å². The second-order valence-electron chi connectivity index (χ2n) is 6.06. The maximum atomic E-state index is 12.7.